The molecule has 0 aromatic heterocycles. The molecule has 1 unspecified atom stereocenters. The lowest BCUT2D eigenvalue weighted by Gasteiger charge is -2.27. The summed E-state index contributed by atoms with van der Waals surface area (Å²) in [5, 5.41) is 26.3. The van der Waals surface area contributed by atoms with Gasteiger partial charge in [0.15, 0.2) is 11.5 Å². The second kappa shape index (κ2) is 17.7. The molecular formula is C36H48N2O10. The molecule has 0 radical (unpaired) electrons. The number of rotatable bonds is 10. The number of nitrogens with zero attached hydrogens (tertiary/aromatic N) is 1. The van der Waals surface area contributed by atoms with Gasteiger partial charge in [0.05, 0.1) is 40.6 Å². The second-order valence-electron chi connectivity index (χ2n) is 12.1. The number of cyclic esters (lactones) is 1. The van der Waals surface area contributed by atoms with Crippen molar-refractivity contribution in [3.63, 3.8) is 0 Å². The fourth-order valence-electron chi connectivity index (χ4n) is 6.14. The average Bonchev–Trinajstić information content (AvgIpc) is 3.06. The van der Waals surface area contributed by atoms with Crippen LogP contribution in [0.1, 0.15) is 84.8 Å². The van der Waals surface area contributed by atoms with E-state index in [1.807, 2.05) is 0 Å². The Hall–Kier alpha value is -4.29. The molecule has 262 valence electrons. The Morgan fingerprint density at radius 3 is 2.38 bits per heavy atom. The Balaban J connectivity index is 1.78. The molecule has 0 aliphatic carbocycles. The first-order valence-electron chi connectivity index (χ1n) is 16.5. The number of morpholine rings is 1. The summed E-state index contributed by atoms with van der Waals surface area (Å²) in [6, 6.07) is 4.70. The van der Waals surface area contributed by atoms with E-state index >= 15 is 0 Å². The number of allylic oxidation sites excluding steroid dienone is 1. The van der Waals surface area contributed by atoms with Crippen LogP contribution in [-0.4, -0.2) is 99.6 Å². The Morgan fingerprint density at radius 1 is 1.02 bits per heavy atom. The number of ether oxygens (including phenoxy) is 5. The van der Waals surface area contributed by atoms with E-state index in [1.165, 1.54) is 27.4 Å². The van der Waals surface area contributed by atoms with E-state index in [1.54, 1.807) is 31.2 Å². The highest BCUT2D eigenvalue weighted by Crippen LogP contribution is 2.47. The fraction of sp³-hybridized carbons (Fsp3) is 0.528. The normalized spacial score (nSPS) is 19.3. The molecule has 1 amide bonds. The van der Waals surface area contributed by atoms with E-state index in [0.29, 0.717) is 87.6 Å². The summed E-state index contributed by atoms with van der Waals surface area (Å²) in [6.45, 7) is 5.62. The van der Waals surface area contributed by atoms with Crippen LogP contribution >= 0.6 is 0 Å². The van der Waals surface area contributed by atoms with E-state index in [0.717, 1.165) is 13.1 Å². The smallest absolute Gasteiger partial charge is 0.342 e. The minimum atomic E-state index is -0.944. The number of nitrogens with one attached hydrogen (secondary N) is 1. The van der Waals surface area contributed by atoms with Crippen molar-refractivity contribution < 1.29 is 48.3 Å². The number of fused-ring (bicyclic) bond motifs is 1. The maximum atomic E-state index is 13.7. The van der Waals surface area contributed by atoms with Crippen molar-refractivity contribution in [2.75, 3.05) is 60.7 Å². The number of hydrogen-bond donors (Lipinski definition) is 3. The van der Waals surface area contributed by atoms with Gasteiger partial charge in [-0.2, -0.15) is 0 Å². The zero-order valence-corrected chi connectivity index (χ0v) is 28.3. The Morgan fingerprint density at radius 2 is 1.71 bits per heavy atom. The van der Waals surface area contributed by atoms with E-state index in [9.17, 15) is 24.6 Å². The van der Waals surface area contributed by atoms with E-state index in [-0.39, 0.29) is 40.6 Å². The molecule has 1 fully saturated rings. The van der Waals surface area contributed by atoms with Gasteiger partial charge in [-0.05, 0) is 61.9 Å². The van der Waals surface area contributed by atoms with Crippen molar-refractivity contribution in [2.45, 2.75) is 63.9 Å². The number of carbonyl (C=O) groups excluding carboxylic acids is 3. The van der Waals surface area contributed by atoms with E-state index < -0.39 is 23.7 Å². The molecule has 2 atom stereocenters. The first-order chi connectivity index (χ1) is 23.2. The molecular weight excluding hydrogens is 620 g/mol. The third kappa shape index (κ3) is 9.41. The third-order valence-electron chi connectivity index (χ3n) is 8.73. The van der Waals surface area contributed by atoms with Gasteiger partial charge in [0, 0.05) is 56.9 Å². The van der Waals surface area contributed by atoms with Gasteiger partial charge in [-0.1, -0.05) is 12.2 Å². The van der Waals surface area contributed by atoms with E-state index in [2.05, 4.69) is 10.2 Å². The monoisotopic (exact) mass is 668 g/mol. The van der Waals surface area contributed by atoms with Crippen LogP contribution in [0.2, 0.25) is 0 Å². The van der Waals surface area contributed by atoms with Crippen molar-refractivity contribution in [1.29, 1.82) is 0 Å². The Labute approximate surface area is 281 Å². The summed E-state index contributed by atoms with van der Waals surface area (Å²) in [7, 11) is 4.41. The Bertz CT molecular complexity index is 1440. The molecule has 2 aromatic carbocycles. The number of Topliss-reactive ketones (excluding diaryl/α,β-unsaturated/α-hetero) is 1. The minimum absolute atomic E-state index is 0.0175. The van der Waals surface area contributed by atoms with Crippen molar-refractivity contribution in [3.05, 3.63) is 46.5 Å². The number of methoxy groups -OCH3 is 3. The average molecular weight is 669 g/mol. The maximum absolute atomic E-state index is 13.7. The first kappa shape index (κ1) is 36.5. The van der Waals surface area contributed by atoms with Gasteiger partial charge in [-0.3, -0.25) is 14.5 Å². The molecule has 0 spiro atoms. The third-order valence-corrected chi connectivity index (χ3v) is 8.73. The van der Waals surface area contributed by atoms with Gasteiger partial charge in [-0.25, -0.2) is 4.79 Å². The lowest BCUT2D eigenvalue weighted by molar-refractivity contribution is -0.121. The molecule has 2 aromatic rings. The van der Waals surface area contributed by atoms with Crippen LogP contribution in [-0.2, 0) is 19.1 Å². The zero-order valence-electron chi connectivity index (χ0n) is 28.3. The summed E-state index contributed by atoms with van der Waals surface area (Å²) in [4.78, 5) is 41.6. The van der Waals surface area contributed by atoms with Crippen LogP contribution in [0.3, 0.4) is 0 Å². The largest absolute Gasteiger partial charge is 0.507 e. The molecule has 0 saturated carbocycles. The molecule has 1 saturated heterocycles. The summed E-state index contributed by atoms with van der Waals surface area (Å²) >= 11 is 0. The van der Waals surface area contributed by atoms with Crippen LogP contribution in [0.15, 0.2) is 24.3 Å². The second-order valence-corrected chi connectivity index (χ2v) is 12.1. The van der Waals surface area contributed by atoms with Crippen LogP contribution in [0, 0.1) is 0 Å². The predicted molar refractivity (Wildman–Crippen MR) is 179 cm³/mol. The molecule has 3 N–H and O–H groups in total. The molecule has 12 heteroatoms. The highest BCUT2D eigenvalue weighted by Gasteiger charge is 2.32. The number of carbonyl (C=O) groups is 3. The number of phenols is 2. The van der Waals surface area contributed by atoms with Crippen LogP contribution in [0.4, 0.5) is 0 Å². The van der Waals surface area contributed by atoms with E-state index in [4.69, 9.17) is 23.7 Å². The van der Waals surface area contributed by atoms with Crippen molar-refractivity contribution in [1.82, 2.24) is 10.2 Å². The van der Waals surface area contributed by atoms with Gasteiger partial charge in [0.2, 0.25) is 11.7 Å². The molecule has 2 aliphatic rings. The number of amides is 1. The first-order valence-corrected chi connectivity index (χ1v) is 16.5. The highest BCUT2D eigenvalue weighted by atomic mass is 16.5. The lowest BCUT2D eigenvalue weighted by Crippen LogP contribution is -2.41. The molecule has 12 nitrogen and oxygen atoms in total. The fourth-order valence-corrected chi connectivity index (χ4v) is 6.14. The van der Waals surface area contributed by atoms with Crippen molar-refractivity contribution in [2.24, 2.45) is 0 Å². The summed E-state index contributed by atoms with van der Waals surface area (Å²) < 4.78 is 27.8. The topological polar surface area (TPSA) is 153 Å². The molecule has 2 aliphatic heterocycles. The number of esters is 1. The molecule has 4 rings (SSSR count). The molecule has 2 heterocycles. The number of benzene rings is 2. The van der Waals surface area contributed by atoms with Gasteiger partial charge in [-0.15, -0.1) is 0 Å². The summed E-state index contributed by atoms with van der Waals surface area (Å²) in [6.07, 6.45) is 5.85. The minimum Gasteiger partial charge on any atom is -0.507 e. The van der Waals surface area contributed by atoms with Crippen molar-refractivity contribution in [3.8, 4) is 28.7 Å². The number of hydrogen-bond acceptors (Lipinski definition) is 11. The highest BCUT2D eigenvalue weighted by molar-refractivity contribution is 5.98. The zero-order chi connectivity index (χ0) is 34.6. The summed E-state index contributed by atoms with van der Waals surface area (Å²) in [5.74, 6) is -1.72. The van der Waals surface area contributed by atoms with Crippen LogP contribution in [0.25, 0.3) is 6.08 Å². The van der Waals surface area contributed by atoms with Gasteiger partial charge < -0.3 is 39.2 Å². The SMILES string of the molecule is COc1cc(C(CC(=O)NCCN2CCOCC2)c2c(O)cc3c(c2O)C(=O)O[C@@H](C)CCCC(=O)CCC/C=C/3)cc(OC)c1OC. The maximum Gasteiger partial charge on any atom is 0.342 e. The van der Waals surface area contributed by atoms with Crippen LogP contribution < -0.4 is 19.5 Å². The van der Waals surface area contributed by atoms with Gasteiger partial charge in [0.1, 0.15) is 22.8 Å². The standard InChI is InChI=1S/C36H48N2O10/c1-23-9-8-12-26(39)11-7-5-6-10-24-19-28(40)33(34(42)32(24)36(43)48-23)27(22-31(41)37-13-14-38-15-17-47-18-16-38)25-20-29(44-2)35(46-4)30(21-25)45-3/h6,10,19-21,23,27,40,42H,5,7-9,11-18,22H2,1-4H3,(H,37,41)/b10-6+/t23-,27?/m0/s1. The quantitative estimate of drug-likeness (QED) is 0.305. The number of phenolic OH excluding ortho intramolecular Hbond substituents is 2. The van der Waals surface area contributed by atoms with Gasteiger partial charge >= 0.3 is 5.97 Å². The number of ketones is 1. The number of aromatic hydroxyl groups is 2. The summed E-state index contributed by atoms with van der Waals surface area (Å²) in [5.41, 5.74) is 0.592. The molecule has 48 heavy (non-hydrogen) atoms. The van der Waals surface area contributed by atoms with Crippen molar-refractivity contribution >= 4 is 23.7 Å². The lowest BCUT2D eigenvalue weighted by atomic mass is 9.84. The Kier molecular flexibility index (Phi) is 13.5. The molecule has 0 bridgehead atoms. The van der Waals surface area contributed by atoms with Gasteiger partial charge in [0.25, 0.3) is 0 Å². The predicted octanol–water partition coefficient (Wildman–Crippen LogP) is 4.58. The van der Waals surface area contributed by atoms with Crippen LogP contribution in [0.5, 0.6) is 28.7 Å².